The highest BCUT2D eigenvalue weighted by Gasteiger charge is 2.05. The minimum absolute atomic E-state index is 0.442. The van der Waals surface area contributed by atoms with Gasteiger partial charge in [-0.2, -0.15) is 0 Å². The molecule has 0 aliphatic rings. The van der Waals surface area contributed by atoms with Crippen LogP contribution in [0.3, 0.4) is 0 Å². The molecular weight excluding hydrogens is 262 g/mol. The summed E-state index contributed by atoms with van der Waals surface area (Å²) in [5.74, 6) is 0.897. The first kappa shape index (κ1) is 15.4. The maximum atomic E-state index is 4.64. The van der Waals surface area contributed by atoms with Crippen LogP contribution in [-0.2, 0) is 13.0 Å². The highest BCUT2D eigenvalue weighted by Crippen LogP contribution is 2.09. The Balaban J connectivity index is 1.92. The van der Waals surface area contributed by atoms with Gasteiger partial charge in [0.2, 0.25) is 0 Å². The second-order valence-electron chi connectivity index (χ2n) is 5.40. The summed E-state index contributed by atoms with van der Waals surface area (Å²) in [5, 5.41) is 3.35. The molecule has 2 rings (SSSR count). The van der Waals surface area contributed by atoms with E-state index in [-0.39, 0.29) is 0 Å². The van der Waals surface area contributed by atoms with Crippen molar-refractivity contribution in [2.75, 3.05) is 18.5 Å². The summed E-state index contributed by atoms with van der Waals surface area (Å²) in [5.41, 5.74) is 2.06. The highest BCUT2D eigenvalue weighted by atomic mass is 15.2. The van der Waals surface area contributed by atoms with Crippen molar-refractivity contribution in [2.45, 2.75) is 32.9 Å². The van der Waals surface area contributed by atoms with Crippen LogP contribution >= 0.6 is 0 Å². The van der Waals surface area contributed by atoms with Gasteiger partial charge in [-0.3, -0.25) is 9.97 Å². The van der Waals surface area contributed by atoms with Crippen LogP contribution in [0.2, 0.25) is 0 Å². The largest absolute Gasteiger partial charge is 0.358 e. The van der Waals surface area contributed by atoms with Crippen molar-refractivity contribution in [1.29, 1.82) is 0 Å². The maximum Gasteiger partial charge on any atom is 0.147 e. The number of aromatic nitrogens is 3. The van der Waals surface area contributed by atoms with Crippen LogP contribution in [0.15, 0.2) is 36.8 Å². The molecule has 0 bridgehead atoms. The van der Waals surface area contributed by atoms with E-state index in [0.717, 1.165) is 36.7 Å². The van der Waals surface area contributed by atoms with Crippen LogP contribution in [0.1, 0.15) is 25.2 Å². The van der Waals surface area contributed by atoms with Crippen molar-refractivity contribution in [2.24, 2.45) is 0 Å². The smallest absolute Gasteiger partial charge is 0.147 e. The van der Waals surface area contributed by atoms with Gasteiger partial charge in [0.05, 0.1) is 11.9 Å². The summed E-state index contributed by atoms with van der Waals surface area (Å²) in [6, 6.07) is 6.43. The standard InChI is InChI=1S/C16H23N5/c1-13(2)19-11-15-10-17-12-16(20-15)21(3)9-7-14-6-4-5-8-18-14/h4-6,8,10,12-13,19H,7,9,11H2,1-3H3. The van der Waals surface area contributed by atoms with E-state index in [1.165, 1.54) is 0 Å². The van der Waals surface area contributed by atoms with E-state index in [2.05, 4.69) is 39.0 Å². The van der Waals surface area contributed by atoms with E-state index in [4.69, 9.17) is 0 Å². The number of likely N-dealkylation sites (N-methyl/N-ethyl adjacent to an activating group) is 1. The molecule has 2 aromatic rings. The fraction of sp³-hybridized carbons (Fsp3) is 0.438. The maximum absolute atomic E-state index is 4.64. The molecule has 1 N–H and O–H groups in total. The zero-order valence-electron chi connectivity index (χ0n) is 13.0. The van der Waals surface area contributed by atoms with Gasteiger partial charge in [-0.05, 0) is 12.1 Å². The first-order valence-electron chi connectivity index (χ1n) is 7.30. The van der Waals surface area contributed by atoms with E-state index in [0.29, 0.717) is 6.04 Å². The molecule has 0 saturated carbocycles. The van der Waals surface area contributed by atoms with Gasteiger partial charge < -0.3 is 10.2 Å². The van der Waals surface area contributed by atoms with Crippen molar-refractivity contribution < 1.29 is 0 Å². The lowest BCUT2D eigenvalue weighted by molar-refractivity contribution is 0.580. The molecule has 0 spiro atoms. The molecule has 2 heterocycles. The molecule has 21 heavy (non-hydrogen) atoms. The van der Waals surface area contributed by atoms with Crippen LogP contribution in [0, 0.1) is 0 Å². The Morgan fingerprint density at radius 1 is 1.19 bits per heavy atom. The third-order valence-corrected chi connectivity index (χ3v) is 3.18. The third-order valence-electron chi connectivity index (χ3n) is 3.18. The molecule has 0 unspecified atom stereocenters. The van der Waals surface area contributed by atoms with Crippen molar-refractivity contribution in [1.82, 2.24) is 20.3 Å². The van der Waals surface area contributed by atoms with Gasteiger partial charge in [0.25, 0.3) is 0 Å². The molecule has 2 aromatic heterocycles. The Morgan fingerprint density at radius 2 is 2.05 bits per heavy atom. The second kappa shape index (κ2) is 7.69. The van der Waals surface area contributed by atoms with Gasteiger partial charge >= 0.3 is 0 Å². The summed E-state index contributed by atoms with van der Waals surface area (Å²) in [4.78, 5) is 15.4. The lowest BCUT2D eigenvalue weighted by atomic mass is 10.2. The third kappa shape index (κ3) is 5.11. The number of hydrogen-bond donors (Lipinski definition) is 1. The molecule has 5 heteroatoms. The second-order valence-corrected chi connectivity index (χ2v) is 5.40. The number of rotatable bonds is 7. The summed E-state index contributed by atoms with van der Waals surface area (Å²) >= 11 is 0. The molecular formula is C16H23N5. The van der Waals surface area contributed by atoms with Crippen molar-refractivity contribution in [3.8, 4) is 0 Å². The van der Waals surface area contributed by atoms with Crippen LogP contribution in [0.5, 0.6) is 0 Å². The molecule has 0 saturated heterocycles. The fourth-order valence-electron chi connectivity index (χ4n) is 1.92. The van der Waals surface area contributed by atoms with E-state index >= 15 is 0 Å². The average molecular weight is 285 g/mol. The first-order chi connectivity index (χ1) is 10.1. The average Bonchev–Trinajstić information content (AvgIpc) is 2.52. The topological polar surface area (TPSA) is 53.9 Å². The van der Waals surface area contributed by atoms with Gasteiger partial charge in [0.15, 0.2) is 0 Å². The molecule has 0 amide bonds. The minimum Gasteiger partial charge on any atom is -0.358 e. The highest BCUT2D eigenvalue weighted by molar-refractivity contribution is 5.35. The van der Waals surface area contributed by atoms with Gasteiger partial charge in [-0.25, -0.2) is 4.98 Å². The SMILES string of the molecule is CC(C)NCc1cncc(N(C)CCc2ccccn2)n1. The Kier molecular flexibility index (Phi) is 5.63. The number of nitrogens with zero attached hydrogens (tertiary/aromatic N) is 4. The van der Waals surface area contributed by atoms with E-state index in [1.54, 1.807) is 6.20 Å². The van der Waals surface area contributed by atoms with Crippen molar-refractivity contribution in [3.63, 3.8) is 0 Å². The summed E-state index contributed by atoms with van der Waals surface area (Å²) in [6.45, 7) is 5.85. The Labute approximate surface area is 126 Å². The lowest BCUT2D eigenvalue weighted by Crippen LogP contribution is -2.25. The van der Waals surface area contributed by atoms with E-state index in [1.807, 2.05) is 37.6 Å². The monoisotopic (exact) mass is 285 g/mol. The van der Waals surface area contributed by atoms with E-state index in [9.17, 15) is 0 Å². The van der Waals surface area contributed by atoms with Gasteiger partial charge in [0.1, 0.15) is 5.82 Å². The van der Waals surface area contributed by atoms with Crippen LogP contribution < -0.4 is 10.2 Å². The Morgan fingerprint density at radius 3 is 2.76 bits per heavy atom. The normalized spacial score (nSPS) is 10.9. The summed E-state index contributed by atoms with van der Waals surface area (Å²) in [6.07, 6.45) is 6.34. The Bertz CT molecular complexity index is 541. The van der Waals surface area contributed by atoms with Gasteiger partial charge in [-0.15, -0.1) is 0 Å². The summed E-state index contributed by atoms with van der Waals surface area (Å²) in [7, 11) is 2.03. The lowest BCUT2D eigenvalue weighted by Gasteiger charge is -2.18. The molecule has 0 aliphatic carbocycles. The van der Waals surface area contributed by atoms with Gasteiger partial charge in [0, 0.05) is 50.7 Å². The zero-order valence-corrected chi connectivity index (χ0v) is 13.0. The van der Waals surface area contributed by atoms with Crippen molar-refractivity contribution >= 4 is 5.82 Å². The molecule has 0 aliphatic heterocycles. The minimum atomic E-state index is 0.442. The zero-order chi connectivity index (χ0) is 15.1. The quantitative estimate of drug-likeness (QED) is 0.844. The Hall–Kier alpha value is -2.01. The molecule has 112 valence electrons. The number of nitrogens with one attached hydrogen (secondary N) is 1. The van der Waals surface area contributed by atoms with E-state index < -0.39 is 0 Å². The van der Waals surface area contributed by atoms with Crippen molar-refractivity contribution in [3.05, 3.63) is 48.2 Å². The molecule has 0 fully saturated rings. The van der Waals surface area contributed by atoms with Crippen LogP contribution in [0.25, 0.3) is 0 Å². The van der Waals surface area contributed by atoms with Crippen LogP contribution in [0.4, 0.5) is 5.82 Å². The van der Waals surface area contributed by atoms with Gasteiger partial charge in [-0.1, -0.05) is 19.9 Å². The number of pyridine rings is 1. The molecule has 0 aromatic carbocycles. The molecule has 5 nitrogen and oxygen atoms in total. The number of hydrogen-bond acceptors (Lipinski definition) is 5. The molecule has 0 atom stereocenters. The summed E-state index contributed by atoms with van der Waals surface area (Å²) < 4.78 is 0. The predicted octanol–water partition coefficient (Wildman–Crippen LogP) is 2.05. The fourth-order valence-corrected chi connectivity index (χ4v) is 1.92. The van der Waals surface area contributed by atoms with Crippen LogP contribution in [-0.4, -0.2) is 34.6 Å². The number of anilines is 1. The first-order valence-corrected chi connectivity index (χ1v) is 7.30. The predicted molar refractivity (Wildman–Crippen MR) is 85.2 cm³/mol. The molecule has 0 radical (unpaired) electrons.